The van der Waals surface area contributed by atoms with E-state index in [2.05, 4.69) is 17.4 Å². The Labute approximate surface area is 108 Å². The van der Waals surface area contributed by atoms with Crippen molar-refractivity contribution in [1.29, 1.82) is 0 Å². The van der Waals surface area contributed by atoms with Gasteiger partial charge < -0.3 is 14.2 Å². The molecular weight excluding hydrogens is 260 g/mol. The van der Waals surface area contributed by atoms with Gasteiger partial charge in [-0.25, -0.2) is 9.59 Å². The Morgan fingerprint density at radius 3 is 2.83 bits per heavy atom. The van der Waals surface area contributed by atoms with Crippen molar-refractivity contribution in [2.45, 2.75) is 25.0 Å². The van der Waals surface area contributed by atoms with Crippen LogP contribution in [0.25, 0.3) is 0 Å². The number of carbonyl (C=O) groups is 3. The molecule has 5 atom stereocenters. The molecule has 18 heavy (non-hydrogen) atoms. The quantitative estimate of drug-likeness (QED) is 0.249. The zero-order valence-corrected chi connectivity index (χ0v) is 10.3. The average Bonchev–Trinajstić information content (AvgIpc) is 2.93. The van der Waals surface area contributed by atoms with Gasteiger partial charge in [-0.2, -0.15) is 0 Å². The molecule has 6 nitrogen and oxygen atoms in total. The van der Waals surface area contributed by atoms with E-state index < -0.39 is 18.0 Å². The van der Waals surface area contributed by atoms with Gasteiger partial charge in [0, 0.05) is 11.8 Å². The summed E-state index contributed by atoms with van der Waals surface area (Å²) in [5, 5.41) is 0. The van der Waals surface area contributed by atoms with Crippen molar-refractivity contribution >= 4 is 30.5 Å². The molecule has 1 saturated heterocycles. The van der Waals surface area contributed by atoms with E-state index in [4.69, 9.17) is 9.47 Å². The van der Waals surface area contributed by atoms with Crippen LogP contribution in [0.4, 0.5) is 0 Å². The van der Waals surface area contributed by atoms with Gasteiger partial charge in [-0.05, 0) is 12.8 Å². The van der Waals surface area contributed by atoms with Crippen LogP contribution < -0.4 is 0 Å². The third kappa shape index (κ3) is 1.60. The largest absolute Gasteiger partial charge is 0.458 e. The van der Waals surface area contributed by atoms with E-state index in [1.54, 1.807) is 0 Å². The Kier molecular flexibility index (Phi) is 2.73. The number of rotatable bonds is 2. The van der Waals surface area contributed by atoms with E-state index in [-0.39, 0.29) is 35.8 Å². The number of esters is 3. The maximum atomic E-state index is 11.5. The van der Waals surface area contributed by atoms with Crippen LogP contribution in [0.3, 0.4) is 0 Å². The number of fused-ring (bicyclic) bond motifs is 1. The molecule has 3 rings (SSSR count). The molecule has 0 spiro atoms. The van der Waals surface area contributed by atoms with Crippen molar-refractivity contribution in [2.24, 2.45) is 17.8 Å². The van der Waals surface area contributed by atoms with Gasteiger partial charge in [-0.1, -0.05) is 0 Å². The second-order valence-corrected chi connectivity index (χ2v) is 5.09. The van der Waals surface area contributed by atoms with Crippen LogP contribution in [-0.2, 0) is 28.6 Å². The summed E-state index contributed by atoms with van der Waals surface area (Å²) in [6.07, 6.45) is 0.617. The van der Waals surface area contributed by atoms with E-state index >= 15 is 0 Å². The van der Waals surface area contributed by atoms with Crippen molar-refractivity contribution < 1.29 is 28.6 Å². The number of hydrogen-bond acceptors (Lipinski definition) is 7. The summed E-state index contributed by atoms with van der Waals surface area (Å²) in [4.78, 5) is 34.1. The molecule has 2 aliphatic carbocycles. The topological polar surface area (TPSA) is 78.9 Å². The van der Waals surface area contributed by atoms with E-state index in [0.29, 0.717) is 6.42 Å². The lowest BCUT2D eigenvalue weighted by molar-refractivity contribution is -0.175. The number of thiol groups is 1. The van der Waals surface area contributed by atoms with Crippen molar-refractivity contribution in [2.75, 3.05) is 5.94 Å². The fraction of sp³-hybridized carbons (Fsp3) is 0.727. The molecule has 0 radical (unpaired) electrons. The molecule has 2 saturated carbocycles. The summed E-state index contributed by atoms with van der Waals surface area (Å²) in [5.41, 5.74) is 0. The number of carbonyl (C=O) groups excluding carboxylic acids is 3. The van der Waals surface area contributed by atoms with Crippen LogP contribution in [0.5, 0.6) is 0 Å². The summed E-state index contributed by atoms with van der Waals surface area (Å²) in [5.74, 6) is -2.27. The highest BCUT2D eigenvalue weighted by Crippen LogP contribution is 2.55. The average molecular weight is 272 g/mol. The Morgan fingerprint density at radius 2 is 2.11 bits per heavy atom. The van der Waals surface area contributed by atoms with E-state index in [1.165, 1.54) is 0 Å². The molecule has 3 aliphatic rings. The molecule has 3 fully saturated rings. The predicted molar refractivity (Wildman–Crippen MR) is 59.4 cm³/mol. The van der Waals surface area contributed by atoms with Gasteiger partial charge in [-0.3, -0.25) is 4.79 Å². The first-order chi connectivity index (χ1) is 8.61. The first-order valence-corrected chi connectivity index (χ1v) is 6.44. The van der Waals surface area contributed by atoms with Crippen molar-refractivity contribution in [1.82, 2.24) is 0 Å². The Morgan fingerprint density at radius 1 is 1.33 bits per heavy atom. The molecule has 2 bridgehead atoms. The lowest BCUT2D eigenvalue weighted by Gasteiger charge is -2.24. The zero-order chi connectivity index (χ0) is 12.9. The molecule has 7 heteroatoms. The van der Waals surface area contributed by atoms with Gasteiger partial charge in [0.05, 0.1) is 5.92 Å². The molecule has 0 aromatic carbocycles. The standard InChI is InChI=1S/C11H12O6S/c12-9-6-2-4-1-5(6)8(17-9)7(4)16-11(14)10(13)15-3-18/h4-8,18H,1-3H2. The Bertz CT molecular complexity index is 422. The lowest BCUT2D eigenvalue weighted by Crippen LogP contribution is -2.38. The number of hydrogen-bond donors (Lipinski definition) is 1. The number of ether oxygens (including phenoxy) is 3. The summed E-state index contributed by atoms with van der Waals surface area (Å²) in [7, 11) is 0. The van der Waals surface area contributed by atoms with Gasteiger partial charge in [0.15, 0.2) is 0 Å². The first-order valence-electron chi connectivity index (χ1n) is 5.81. The van der Waals surface area contributed by atoms with Crippen molar-refractivity contribution in [3.05, 3.63) is 0 Å². The Hall–Kier alpha value is -1.24. The van der Waals surface area contributed by atoms with Gasteiger partial charge in [0.1, 0.15) is 18.1 Å². The molecule has 0 N–H and O–H groups in total. The van der Waals surface area contributed by atoms with Crippen molar-refractivity contribution in [3.8, 4) is 0 Å². The van der Waals surface area contributed by atoms with Gasteiger partial charge in [0.2, 0.25) is 0 Å². The molecule has 5 unspecified atom stereocenters. The van der Waals surface area contributed by atoms with E-state index in [1.807, 2.05) is 0 Å². The minimum atomic E-state index is -1.06. The third-order valence-electron chi connectivity index (χ3n) is 4.02. The molecule has 98 valence electrons. The molecule has 0 aromatic rings. The minimum Gasteiger partial charge on any atom is -0.458 e. The van der Waals surface area contributed by atoms with Gasteiger partial charge >= 0.3 is 17.9 Å². The normalized spacial score (nSPS) is 39.6. The monoisotopic (exact) mass is 272 g/mol. The zero-order valence-electron chi connectivity index (χ0n) is 9.40. The van der Waals surface area contributed by atoms with E-state index in [9.17, 15) is 14.4 Å². The smallest absolute Gasteiger partial charge is 0.418 e. The van der Waals surface area contributed by atoms with Crippen LogP contribution in [0.1, 0.15) is 12.8 Å². The fourth-order valence-corrected chi connectivity index (χ4v) is 3.47. The van der Waals surface area contributed by atoms with Gasteiger partial charge in [-0.15, -0.1) is 12.6 Å². The van der Waals surface area contributed by atoms with Crippen LogP contribution in [0.15, 0.2) is 0 Å². The maximum Gasteiger partial charge on any atom is 0.418 e. The molecular formula is C11H12O6S. The predicted octanol–water partition coefficient (Wildman–Crippen LogP) is -0.0899. The van der Waals surface area contributed by atoms with Gasteiger partial charge in [0.25, 0.3) is 0 Å². The summed E-state index contributed by atoms with van der Waals surface area (Å²) >= 11 is 3.68. The maximum absolute atomic E-state index is 11.5. The molecule has 1 aliphatic heterocycles. The highest BCUT2D eigenvalue weighted by molar-refractivity contribution is 7.80. The SMILES string of the molecule is O=C(OCS)C(=O)OC1C2CC3C(=O)OC1C3C2. The minimum absolute atomic E-state index is 0.0423. The highest BCUT2D eigenvalue weighted by atomic mass is 32.1. The van der Waals surface area contributed by atoms with Crippen LogP contribution in [0, 0.1) is 17.8 Å². The highest BCUT2D eigenvalue weighted by Gasteiger charge is 2.63. The van der Waals surface area contributed by atoms with Crippen LogP contribution in [0.2, 0.25) is 0 Å². The summed E-state index contributed by atoms with van der Waals surface area (Å²) in [6, 6.07) is 0. The molecule has 0 aromatic heterocycles. The van der Waals surface area contributed by atoms with Crippen LogP contribution in [-0.4, -0.2) is 36.1 Å². The second-order valence-electron chi connectivity index (χ2n) is 4.83. The lowest BCUT2D eigenvalue weighted by atomic mass is 9.88. The first kappa shape index (κ1) is 11.8. The van der Waals surface area contributed by atoms with E-state index in [0.717, 1.165) is 6.42 Å². The Balaban J connectivity index is 1.67. The second kappa shape index (κ2) is 4.15. The van der Waals surface area contributed by atoms with Crippen molar-refractivity contribution in [3.63, 3.8) is 0 Å². The third-order valence-corrected chi connectivity index (χ3v) is 4.15. The summed E-state index contributed by atoms with van der Waals surface area (Å²) < 4.78 is 14.8. The summed E-state index contributed by atoms with van der Waals surface area (Å²) in [6.45, 7) is 0. The fourth-order valence-electron chi connectivity index (χ4n) is 3.35. The van der Waals surface area contributed by atoms with Crippen LogP contribution >= 0.6 is 12.6 Å². The molecule has 1 heterocycles. The molecule has 0 amide bonds.